The Morgan fingerprint density at radius 1 is 1.53 bits per heavy atom. The first-order chi connectivity index (χ1) is 9.19. The Bertz CT molecular complexity index is 555. The molecule has 1 amide bonds. The number of hydrogen-bond acceptors (Lipinski definition) is 3. The van der Waals surface area contributed by atoms with Gasteiger partial charge in [-0.25, -0.2) is 4.98 Å². The molecule has 0 bridgehead atoms. The maximum atomic E-state index is 11.8. The maximum absolute atomic E-state index is 11.8. The molecule has 0 atom stereocenters. The van der Waals surface area contributed by atoms with Crippen LogP contribution in [0.1, 0.15) is 6.42 Å². The lowest BCUT2D eigenvalue weighted by molar-refractivity contribution is -0.116. The molecule has 0 aliphatic carbocycles. The van der Waals surface area contributed by atoms with Crippen LogP contribution in [-0.2, 0) is 11.3 Å². The van der Waals surface area contributed by atoms with Gasteiger partial charge in [-0.05, 0) is 18.2 Å². The molecule has 1 aromatic carbocycles. The minimum Gasteiger partial charge on any atom is -0.495 e. The summed E-state index contributed by atoms with van der Waals surface area (Å²) < 4.78 is 6.89. The number of nitrogens with one attached hydrogen (secondary N) is 1. The van der Waals surface area contributed by atoms with Gasteiger partial charge in [0.15, 0.2) is 0 Å². The number of carbonyl (C=O) groups excluding carboxylic acids is 1. The SMILES string of the molecule is COc1ccc(NC(=O)CCn2ccnc2)cc1Cl. The van der Waals surface area contributed by atoms with Gasteiger partial charge < -0.3 is 14.6 Å². The molecule has 0 fully saturated rings. The molecule has 100 valence electrons. The fourth-order valence-electron chi connectivity index (χ4n) is 1.62. The Labute approximate surface area is 116 Å². The highest BCUT2D eigenvalue weighted by Crippen LogP contribution is 2.27. The van der Waals surface area contributed by atoms with Gasteiger partial charge in [0.1, 0.15) is 5.75 Å². The standard InChI is InChI=1S/C13H14ClN3O2/c1-19-12-3-2-10(8-11(12)14)16-13(18)4-6-17-7-5-15-9-17/h2-3,5,7-9H,4,6H2,1H3,(H,16,18). The van der Waals surface area contributed by atoms with E-state index in [4.69, 9.17) is 16.3 Å². The molecule has 0 aliphatic heterocycles. The zero-order valence-corrected chi connectivity index (χ0v) is 11.2. The topological polar surface area (TPSA) is 56.1 Å². The lowest BCUT2D eigenvalue weighted by Gasteiger charge is -2.08. The van der Waals surface area contributed by atoms with Crippen LogP contribution in [0.25, 0.3) is 0 Å². The summed E-state index contributed by atoms with van der Waals surface area (Å²) in [7, 11) is 1.55. The van der Waals surface area contributed by atoms with Gasteiger partial charge in [0.25, 0.3) is 0 Å². The third-order valence-electron chi connectivity index (χ3n) is 2.59. The Hall–Kier alpha value is -2.01. The van der Waals surface area contributed by atoms with Crippen LogP contribution >= 0.6 is 11.6 Å². The number of hydrogen-bond donors (Lipinski definition) is 1. The molecular formula is C13H14ClN3O2. The smallest absolute Gasteiger partial charge is 0.226 e. The van der Waals surface area contributed by atoms with Gasteiger partial charge >= 0.3 is 0 Å². The van der Waals surface area contributed by atoms with Crippen LogP contribution < -0.4 is 10.1 Å². The van der Waals surface area contributed by atoms with Gasteiger partial charge in [-0.1, -0.05) is 11.6 Å². The van der Waals surface area contributed by atoms with Gasteiger partial charge in [0.2, 0.25) is 5.91 Å². The molecule has 0 radical (unpaired) electrons. The number of methoxy groups -OCH3 is 1. The number of halogens is 1. The molecule has 0 spiro atoms. The molecule has 1 aromatic heterocycles. The van der Waals surface area contributed by atoms with Crippen molar-refractivity contribution in [2.45, 2.75) is 13.0 Å². The maximum Gasteiger partial charge on any atom is 0.226 e. The van der Waals surface area contributed by atoms with Crippen molar-refractivity contribution in [3.63, 3.8) is 0 Å². The first kappa shape index (κ1) is 13.4. The van der Waals surface area contributed by atoms with Crippen LogP contribution in [0.4, 0.5) is 5.69 Å². The summed E-state index contributed by atoms with van der Waals surface area (Å²) in [4.78, 5) is 15.7. The van der Waals surface area contributed by atoms with E-state index in [0.29, 0.717) is 29.4 Å². The molecule has 0 aliphatic rings. The number of carbonyl (C=O) groups is 1. The molecule has 2 aromatic rings. The van der Waals surface area contributed by atoms with E-state index in [-0.39, 0.29) is 5.91 Å². The summed E-state index contributed by atoms with van der Waals surface area (Å²) in [5, 5.41) is 3.25. The lowest BCUT2D eigenvalue weighted by atomic mass is 10.3. The molecule has 0 saturated carbocycles. The van der Waals surface area contributed by atoms with E-state index in [1.54, 1.807) is 37.8 Å². The first-order valence-corrected chi connectivity index (χ1v) is 6.16. The highest BCUT2D eigenvalue weighted by molar-refractivity contribution is 6.32. The number of imidazole rings is 1. The van der Waals surface area contributed by atoms with E-state index in [9.17, 15) is 4.79 Å². The molecule has 0 unspecified atom stereocenters. The minimum atomic E-state index is -0.0741. The molecule has 1 N–H and O–H groups in total. The molecule has 6 heteroatoms. The lowest BCUT2D eigenvalue weighted by Crippen LogP contribution is -2.14. The van der Waals surface area contributed by atoms with Crippen molar-refractivity contribution in [1.82, 2.24) is 9.55 Å². The summed E-state index contributed by atoms with van der Waals surface area (Å²) in [6, 6.07) is 5.13. The quantitative estimate of drug-likeness (QED) is 0.915. The number of amides is 1. The summed E-state index contributed by atoms with van der Waals surface area (Å²) in [6.07, 6.45) is 5.55. The third-order valence-corrected chi connectivity index (χ3v) is 2.89. The number of aryl methyl sites for hydroxylation is 1. The van der Waals surface area contributed by atoms with Crippen molar-refractivity contribution in [1.29, 1.82) is 0 Å². The number of benzene rings is 1. The summed E-state index contributed by atoms with van der Waals surface area (Å²) in [6.45, 7) is 0.593. The second-order valence-electron chi connectivity index (χ2n) is 3.95. The third kappa shape index (κ3) is 3.72. The fraction of sp³-hybridized carbons (Fsp3) is 0.231. The second-order valence-corrected chi connectivity index (χ2v) is 4.36. The number of ether oxygens (including phenoxy) is 1. The van der Waals surface area contributed by atoms with Crippen molar-refractivity contribution in [3.8, 4) is 5.75 Å². The van der Waals surface area contributed by atoms with E-state index in [1.165, 1.54) is 0 Å². The largest absolute Gasteiger partial charge is 0.495 e. The van der Waals surface area contributed by atoms with Gasteiger partial charge in [0.05, 0.1) is 18.5 Å². The summed E-state index contributed by atoms with van der Waals surface area (Å²) >= 11 is 5.98. The molecule has 2 rings (SSSR count). The van der Waals surface area contributed by atoms with Crippen LogP contribution in [-0.4, -0.2) is 22.6 Å². The van der Waals surface area contributed by atoms with E-state index in [1.807, 2.05) is 10.8 Å². The number of anilines is 1. The predicted octanol–water partition coefficient (Wildman–Crippen LogP) is 2.57. The van der Waals surface area contributed by atoms with Crippen LogP contribution in [0, 0.1) is 0 Å². The monoisotopic (exact) mass is 279 g/mol. The van der Waals surface area contributed by atoms with E-state index >= 15 is 0 Å². The average Bonchev–Trinajstić information content (AvgIpc) is 2.90. The van der Waals surface area contributed by atoms with Crippen LogP contribution in [0.5, 0.6) is 5.75 Å². The second kappa shape index (κ2) is 6.24. The number of aromatic nitrogens is 2. The van der Waals surface area contributed by atoms with E-state index in [2.05, 4.69) is 10.3 Å². The Balaban J connectivity index is 1.90. The van der Waals surface area contributed by atoms with Crippen LogP contribution in [0.15, 0.2) is 36.9 Å². The number of nitrogens with zero attached hydrogens (tertiary/aromatic N) is 2. The highest BCUT2D eigenvalue weighted by Gasteiger charge is 2.05. The number of rotatable bonds is 5. The zero-order chi connectivity index (χ0) is 13.7. The first-order valence-electron chi connectivity index (χ1n) is 5.78. The fourth-order valence-corrected chi connectivity index (χ4v) is 1.87. The van der Waals surface area contributed by atoms with Gasteiger partial charge in [-0.3, -0.25) is 4.79 Å². The van der Waals surface area contributed by atoms with Crippen LogP contribution in [0.3, 0.4) is 0 Å². The van der Waals surface area contributed by atoms with Crippen molar-refractivity contribution in [2.75, 3.05) is 12.4 Å². The Morgan fingerprint density at radius 3 is 3.00 bits per heavy atom. The molecule has 1 heterocycles. The summed E-state index contributed by atoms with van der Waals surface area (Å²) in [5.74, 6) is 0.507. The molecule has 5 nitrogen and oxygen atoms in total. The van der Waals surface area contributed by atoms with Crippen molar-refractivity contribution >= 4 is 23.2 Å². The Morgan fingerprint density at radius 2 is 2.37 bits per heavy atom. The van der Waals surface area contributed by atoms with Crippen molar-refractivity contribution < 1.29 is 9.53 Å². The van der Waals surface area contributed by atoms with E-state index < -0.39 is 0 Å². The van der Waals surface area contributed by atoms with Crippen molar-refractivity contribution in [2.24, 2.45) is 0 Å². The predicted molar refractivity (Wildman–Crippen MR) is 73.5 cm³/mol. The van der Waals surface area contributed by atoms with E-state index in [0.717, 1.165) is 0 Å². The van der Waals surface area contributed by atoms with Crippen molar-refractivity contribution in [3.05, 3.63) is 41.9 Å². The Kier molecular flexibility index (Phi) is 4.41. The van der Waals surface area contributed by atoms with Gasteiger partial charge in [-0.2, -0.15) is 0 Å². The average molecular weight is 280 g/mol. The van der Waals surface area contributed by atoms with Gasteiger partial charge in [0, 0.05) is 31.0 Å². The molecule has 19 heavy (non-hydrogen) atoms. The molecular weight excluding hydrogens is 266 g/mol. The normalized spacial score (nSPS) is 10.2. The highest BCUT2D eigenvalue weighted by atomic mass is 35.5. The minimum absolute atomic E-state index is 0.0741. The zero-order valence-electron chi connectivity index (χ0n) is 10.5. The molecule has 0 saturated heterocycles. The van der Waals surface area contributed by atoms with Crippen LogP contribution in [0.2, 0.25) is 5.02 Å². The van der Waals surface area contributed by atoms with Gasteiger partial charge in [-0.15, -0.1) is 0 Å². The summed E-state index contributed by atoms with van der Waals surface area (Å²) in [5.41, 5.74) is 0.654.